The Bertz CT molecular complexity index is 1590. The molecule has 0 bridgehead atoms. The molecule has 1 N–H and O–H groups in total. The second-order valence-electron chi connectivity index (χ2n) is 10.3. The molecule has 0 aliphatic rings. The topological polar surface area (TPSA) is 79.7 Å². The maximum atomic E-state index is 13.2. The molecule has 7 heteroatoms. The van der Waals surface area contributed by atoms with Crippen LogP contribution >= 0.6 is 0 Å². The molecule has 0 spiro atoms. The number of H-pyrrole nitrogens is 1. The quantitative estimate of drug-likeness (QED) is 0.246. The van der Waals surface area contributed by atoms with E-state index in [4.69, 9.17) is 0 Å². The molecule has 0 aliphatic carbocycles. The monoisotopic (exact) mass is 520 g/mol. The molecule has 0 radical (unpaired) electrons. The number of aromatic nitrogens is 5. The maximum Gasteiger partial charge on any atom is 0.252 e. The molecule has 3 aromatic carbocycles. The standard InChI is InChI=1S/C32H36N6O/c1-4-29(31-34-35-36-38(31)19-17-25-12-6-5-7-13-25)37(18-16-26-14-8-10-23(2)20-26)22-28-21-27-15-9-11-24(3)30(27)33-32(28)39/h5-15,20-21,29H,4,16-19,22H2,1-3H3,(H,33,39). The summed E-state index contributed by atoms with van der Waals surface area (Å²) in [5.41, 5.74) is 6.45. The molecule has 39 heavy (non-hydrogen) atoms. The van der Waals surface area contributed by atoms with Gasteiger partial charge in [-0.05, 0) is 71.7 Å². The molecule has 1 unspecified atom stereocenters. The van der Waals surface area contributed by atoms with Gasteiger partial charge in [0.2, 0.25) is 0 Å². The SMILES string of the molecule is CCC(c1nnnn1CCc1ccccc1)N(CCc1cccc(C)c1)Cc1cc2cccc(C)c2[nH]c1=O. The van der Waals surface area contributed by atoms with Crippen molar-refractivity contribution in [3.63, 3.8) is 0 Å². The van der Waals surface area contributed by atoms with Gasteiger partial charge in [0.25, 0.3) is 5.56 Å². The van der Waals surface area contributed by atoms with Crippen LogP contribution in [-0.4, -0.2) is 36.6 Å². The van der Waals surface area contributed by atoms with Crippen LogP contribution in [0.4, 0.5) is 0 Å². The number of fused-ring (bicyclic) bond motifs is 1. The van der Waals surface area contributed by atoms with Crippen LogP contribution in [-0.2, 0) is 25.9 Å². The van der Waals surface area contributed by atoms with Crippen molar-refractivity contribution in [1.82, 2.24) is 30.1 Å². The van der Waals surface area contributed by atoms with Gasteiger partial charge in [0, 0.05) is 25.2 Å². The van der Waals surface area contributed by atoms with Gasteiger partial charge >= 0.3 is 0 Å². The zero-order chi connectivity index (χ0) is 27.2. The fourth-order valence-corrected chi connectivity index (χ4v) is 5.34. The molecule has 2 heterocycles. The fraction of sp³-hybridized carbons (Fsp3) is 0.312. The molecular weight excluding hydrogens is 484 g/mol. The molecule has 0 aliphatic heterocycles. The van der Waals surface area contributed by atoms with Gasteiger partial charge in [-0.15, -0.1) is 5.10 Å². The Morgan fingerprint density at radius 3 is 2.51 bits per heavy atom. The van der Waals surface area contributed by atoms with E-state index in [0.29, 0.717) is 13.1 Å². The van der Waals surface area contributed by atoms with Crippen LogP contribution < -0.4 is 5.56 Å². The number of nitrogens with one attached hydrogen (secondary N) is 1. The van der Waals surface area contributed by atoms with Crippen LogP contribution in [0.2, 0.25) is 0 Å². The number of benzene rings is 3. The lowest BCUT2D eigenvalue weighted by Gasteiger charge is -2.30. The average molecular weight is 521 g/mol. The Balaban J connectivity index is 1.45. The first-order valence-corrected chi connectivity index (χ1v) is 13.7. The zero-order valence-corrected chi connectivity index (χ0v) is 23.0. The molecule has 5 aromatic rings. The zero-order valence-electron chi connectivity index (χ0n) is 23.0. The number of nitrogens with zero attached hydrogens (tertiary/aromatic N) is 5. The van der Waals surface area contributed by atoms with Gasteiger partial charge in [-0.3, -0.25) is 9.69 Å². The summed E-state index contributed by atoms with van der Waals surface area (Å²) in [5.74, 6) is 0.839. The molecule has 0 saturated carbocycles. The summed E-state index contributed by atoms with van der Waals surface area (Å²) in [4.78, 5) is 18.7. The Kier molecular flexibility index (Phi) is 8.27. The van der Waals surface area contributed by atoms with Crippen molar-refractivity contribution in [3.05, 3.63) is 123 Å². The second kappa shape index (κ2) is 12.2. The minimum Gasteiger partial charge on any atom is -0.321 e. The van der Waals surface area contributed by atoms with Crippen LogP contribution in [0.25, 0.3) is 10.9 Å². The smallest absolute Gasteiger partial charge is 0.252 e. The lowest BCUT2D eigenvalue weighted by molar-refractivity contribution is 0.171. The van der Waals surface area contributed by atoms with Gasteiger partial charge in [-0.1, -0.05) is 85.3 Å². The summed E-state index contributed by atoms with van der Waals surface area (Å²) < 4.78 is 1.93. The summed E-state index contributed by atoms with van der Waals surface area (Å²) in [6.07, 6.45) is 2.54. The third-order valence-corrected chi connectivity index (χ3v) is 7.45. The van der Waals surface area contributed by atoms with Crippen LogP contribution in [0.15, 0.2) is 83.7 Å². The largest absolute Gasteiger partial charge is 0.321 e. The summed E-state index contributed by atoms with van der Waals surface area (Å²) in [6, 6.07) is 27.1. The molecule has 0 amide bonds. The van der Waals surface area contributed by atoms with Crippen LogP contribution in [0, 0.1) is 13.8 Å². The van der Waals surface area contributed by atoms with Gasteiger partial charge in [-0.2, -0.15) is 0 Å². The first-order chi connectivity index (χ1) is 19.0. The lowest BCUT2D eigenvalue weighted by Crippen LogP contribution is -2.34. The van der Waals surface area contributed by atoms with Crippen LogP contribution in [0.3, 0.4) is 0 Å². The summed E-state index contributed by atoms with van der Waals surface area (Å²) >= 11 is 0. The highest BCUT2D eigenvalue weighted by atomic mass is 16.1. The molecule has 2 aromatic heterocycles. The molecule has 1 atom stereocenters. The minimum absolute atomic E-state index is 0.0341. The Morgan fingerprint density at radius 1 is 0.923 bits per heavy atom. The van der Waals surface area contributed by atoms with E-state index in [2.05, 4.69) is 93.9 Å². The van der Waals surface area contributed by atoms with Crippen LogP contribution in [0.5, 0.6) is 0 Å². The highest BCUT2D eigenvalue weighted by molar-refractivity contribution is 5.81. The first-order valence-electron chi connectivity index (χ1n) is 13.7. The average Bonchev–Trinajstić information content (AvgIpc) is 3.40. The highest BCUT2D eigenvalue weighted by Crippen LogP contribution is 2.25. The number of aromatic amines is 1. The predicted molar refractivity (Wildman–Crippen MR) is 156 cm³/mol. The van der Waals surface area contributed by atoms with Crippen molar-refractivity contribution in [1.29, 1.82) is 0 Å². The van der Waals surface area contributed by atoms with Crippen molar-refractivity contribution >= 4 is 10.9 Å². The van der Waals surface area contributed by atoms with E-state index in [-0.39, 0.29) is 11.6 Å². The number of aryl methyl sites for hydroxylation is 4. The van der Waals surface area contributed by atoms with Gasteiger partial charge in [-0.25, -0.2) is 4.68 Å². The fourth-order valence-electron chi connectivity index (χ4n) is 5.34. The van der Waals surface area contributed by atoms with Gasteiger partial charge in [0.05, 0.1) is 11.6 Å². The van der Waals surface area contributed by atoms with Gasteiger partial charge in [0.15, 0.2) is 5.82 Å². The summed E-state index contributed by atoms with van der Waals surface area (Å²) in [7, 11) is 0. The van der Waals surface area contributed by atoms with Crippen molar-refractivity contribution < 1.29 is 0 Å². The van der Waals surface area contributed by atoms with E-state index in [1.165, 1.54) is 16.7 Å². The van der Waals surface area contributed by atoms with Gasteiger partial charge in [0.1, 0.15) is 0 Å². The molecule has 0 saturated heterocycles. The van der Waals surface area contributed by atoms with E-state index >= 15 is 0 Å². The third kappa shape index (κ3) is 6.32. The molecular formula is C32H36N6O. The third-order valence-electron chi connectivity index (χ3n) is 7.45. The van der Waals surface area contributed by atoms with E-state index in [9.17, 15) is 4.79 Å². The van der Waals surface area contributed by atoms with E-state index in [0.717, 1.165) is 53.7 Å². The maximum absolute atomic E-state index is 13.2. The number of hydrogen-bond acceptors (Lipinski definition) is 5. The molecule has 200 valence electrons. The van der Waals surface area contributed by atoms with E-state index in [1.807, 2.05) is 35.9 Å². The van der Waals surface area contributed by atoms with Crippen molar-refractivity contribution in [2.75, 3.05) is 6.54 Å². The van der Waals surface area contributed by atoms with Crippen molar-refractivity contribution in [2.24, 2.45) is 0 Å². The van der Waals surface area contributed by atoms with Gasteiger partial charge < -0.3 is 4.98 Å². The highest BCUT2D eigenvalue weighted by Gasteiger charge is 2.26. The van der Waals surface area contributed by atoms with E-state index < -0.39 is 0 Å². The summed E-state index contributed by atoms with van der Waals surface area (Å²) in [5, 5.41) is 13.9. The Morgan fingerprint density at radius 2 is 1.72 bits per heavy atom. The van der Waals surface area contributed by atoms with Crippen molar-refractivity contribution in [2.45, 2.75) is 59.2 Å². The predicted octanol–water partition coefficient (Wildman–Crippen LogP) is 5.57. The van der Waals surface area contributed by atoms with Crippen molar-refractivity contribution in [3.8, 4) is 0 Å². The Hall–Kier alpha value is -4.10. The number of pyridine rings is 1. The molecule has 7 nitrogen and oxygen atoms in total. The molecule has 0 fully saturated rings. The van der Waals surface area contributed by atoms with Crippen LogP contribution in [0.1, 0.15) is 53.0 Å². The summed E-state index contributed by atoms with van der Waals surface area (Å²) in [6.45, 7) is 8.29. The second-order valence-corrected chi connectivity index (χ2v) is 10.3. The molecule has 5 rings (SSSR count). The normalized spacial score (nSPS) is 12.3. The number of rotatable bonds is 11. The first kappa shape index (κ1) is 26.5. The minimum atomic E-state index is -0.0455. The van der Waals surface area contributed by atoms with E-state index in [1.54, 1.807) is 0 Å². The number of tetrazole rings is 1. The number of para-hydroxylation sites is 1. The number of hydrogen-bond donors (Lipinski definition) is 1. The lowest BCUT2D eigenvalue weighted by atomic mass is 10.0. The Labute approximate surface area is 229 Å².